The molecule has 0 spiro atoms. The monoisotopic (exact) mass is 447 g/mol. The van der Waals surface area contributed by atoms with E-state index in [4.69, 9.17) is 21.6 Å². The quantitative estimate of drug-likeness (QED) is 0.489. The van der Waals surface area contributed by atoms with Crippen molar-refractivity contribution in [1.82, 2.24) is 24.6 Å². The summed E-state index contributed by atoms with van der Waals surface area (Å²) >= 11 is 6.32. The first-order valence-electron chi connectivity index (χ1n) is 10.8. The standard InChI is InChI=1S/C24H26ClN7/c1-17-8-9-19(14-21(17)25)27-22-20-15-26-30(2)23(20)29-24(28-22)32-12-10-31(11-13-32)16-18-6-4-3-5-7-18/h3-9,14-15H,10-13,16H2,1-2H3,(H,27,28,29). The van der Waals surface area contributed by atoms with E-state index < -0.39 is 0 Å². The lowest BCUT2D eigenvalue weighted by Crippen LogP contribution is -2.46. The fourth-order valence-corrected chi connectivity index (χ4v) is 4.18. The molecule has 2 aromatic heterocycles. The Bertz CT molecular complexity index is 1230. The van der Waals surface area contributed by atoms with Gasteiger partial charge in [-0.15, -0.1) is 0 Å². The van der Waals surface area contributed by atoms with E-state index in [1.54, 1.807) is 10.9 Å². The first-order valence-corrected chi connectivity index (χ1v) is 11.2. The molecule has 3 heterocycles. The molecule has 1 aliphatic heterocycles. The number of aryl methyl sites for hydroxylation is 2. The molecular weight excluding hydrogens is 422 g/mol. The van der Waals surface area contributed by atoms with Crippen molar-refractivity contribution < 1.29 is 0 Å². The van der Waals surface area contributed by atoms with Crippen LogP contribution in [0.15, 0.2) is 54.7 Å². The van der Waals surface area contributed by atoms with Gasteiger partial charge in [0.1, 0.15) is 5.82 Å². The minimum atomic E-state index is 0.723. The van der Waals surface area contributed by atoms with Gasteiger partial charge in [0, 0.05) is 50.5 Å². The van der Waals surface area contributed by atoms with Crippen molar-refractivity contribution in [1.29, 1.82) is 0 Å². The van der Waals surface area contributed by atoms with Gasteiger partial charge in [-0.05, 0) is 30.2 Å². The number of fused-ring (bicyclic) bond motifs is 1. The molecule has 164 valence electrons. The average molecular weight is 448 g/mol. The van der Waals surface area contributed by atoms with E-state index in [-0.39, 0.29) is 0 Å². The Morgan fingerprint density at radius 2 is 1.78 bits per heavy atom. The SMILES string of the molecule is Cc1ccc(Nc2nc(N3CCN(Cc4ccccc4)CC3)nc3c2cnn3C)cc1Cl. The van der Waals surface area contributed by atoms with Crippen molar-refractivity contribution in [3.05, 3.63) is 70.9 Å². The van der Waals surface area contributed by atoms with E-state index in [9.17, 15) is 0 Å². The first kappa shape index (κ1) is 20.7. The van der Waals surface area contributed by atoms with E-state index in [1.165, 1.54) is 5.56 Å². The van der Waals surface area contributed by atoms with E-state index >= 15 is 0 Å². The van der Waals surface area contributed by atoms with E-state index in [0.717, 1.165) is 71.8 Å². The summed E-state index contributed by atoms with van der Waals surface area (Å²) in [5.74, 6) is 1.46. The molecule has 0 amide bonds. The van der Waals surface area contributed by atoms with Crippen LogP contribution in [0.2, 0.25) is 5.02 Å². The van der Waals surface area contributed by atoms with Gasteiger partial charge in [0.25, 0.3) is 0 Å². The van der Waals surface area contributed by atoms with Crippen LogP contribution in [0.3, 0.4) is 0 Å². The van der Waals surface area contributed by atoms with Gasteiger partial charge >= 0.3 is 0 Å². The molecule has 1 fully saturated rings. The molecule has 0 saturated carbocycles. The van der Waals surface area contributed by atoms with E-state index in [1.807, 2.05) is 32.2 Å². The highest BCUT2D eigenvalue weighted by molar-refractivity contribution is 6.31. The lowest BCUT2D eigenvalue weighted by atomic mass is 10.2. The Morgan fingerprint density at radius 3 is 2.53 bits per heavy atom. The van der Waals surface area contributed by atoms with Crippen molar-refractivity contribution in [2.45, 2.75) is 13.5 Å². The molecule has 0 radical (unpaired) electrons. The molecule has 4 aromatic rings. The predicted molar refractivity (Wildman–Crippen MR) is 130 cm³/mol. The predicted octanol–water partition coefficient (Wildman–Crippen LogP) is 4.39. The normalized spacial score (nSPS) is 14.8. The fourth-order valence-electron chi connectivity index (χ4n) is 4.00. The maximum absolute atomic E-state index is 6.32. The molecule has 7 nitrogen and oxygen atoms in total. The molecule has 2 aromatic carbocycles. The smallest absolute Gasteiger partial charge is 0.229 e. The van der Waals surface area contributed by atoms with Crippen molar-refractivity contribution in [2.75, 3.05) is 36.4 Å². The number of aromatic nitrogens is 4. The van der Waals surface area contributed by atoms with Crippen LogP contribution in [-0.2, 0) is 13.6 Å². The summed E-state index contributed by atoms with van der Waals surface area (Å²) in [5.41, 5.74) is 4.09. The molecular formula is C24H26ClN7. The van der Waals surface area contributed by atoms with Gasteiger partial charge < -0.3 is 10.2 Å². The van der Waals surface area contributed by atoms with Crippen LogP contribution < -0.4 is 10.2 Å². The van der Waals surface area contributed by atoms with Crippen molar-refractivity contribution >= 4 is 40.1 Å². The van der Waals surface area contributed by atoms with Crippen LogP contribution in [-0.4, -0.2) is 50.8 Å². The number of anilines is 3. The Labute approximate surface area is 192 Å². The number of halogens is 1. The average Bonchev–Trinajstić information content (AvgIpc) is 3.18. The fraction of sp³-hybridized carbons (Fsp3) is 0.292. The molecule has 1 aliphatic rings. The lowest BCUT2D eigenvalue weighted by Gasteiger charge is -2.34. The third kappa shape index (κ3) is 4.26. The van der Waals surface area contributed by atoms with Crippen LogP contribution in [0, 0.1) is 6.92 Å². The third-order valence-corrected chi connectivity index (χ3v) is 6.33. The van der Waals surface area contributed by atoms with Crippen LogP contribution in [0.1, 0.15) is 11.1 Å². The molecule has 32 heavy (non-hydrogen) atoms. The largest absolute Gasteiger partial charge is 0.339 e. The molecule has 0 atom stereocenters. The maximum atomic E-state index is 6.32. The second kappa shape index (κ2) is 8.76. The number of hydrogen-bond acceptors (Lipinski definition) is 6. The highest BCUT2D eigenvalue weighted by atomic mass is 35.5. The number of piperazine rings is 1. The van der Waals surface area contributed by atoms with Gasteiger partial charge in [-0.25, -0.2) is 0 Å². The van der Waals surface area contributed by atoms with Crippen LogP contribution in [0.25, 0.3) is 11.0 Å². The molecule has 8 heteroatoms. The van der Waals surface area contributed by atoms with Gasteiger partial charge in [-0.1, -0.05) is 48.0 Å². The Morgan fingerprint density at radius 1 is 1.00 bits per heavy atom. The van der Waals surface area contributed by atoms with Crippen molar-refractivity contribution in [3.8, 4) is 0 Å². The zero-order valence-electron chi connectivity index (χ0n) is 18.3. The highest BCUT2D eigenvalue weighted by Gasteiger charge is 2.21. The maximum Gasteiger partial charge on any atom is 0.229 e. The number of nitrogens with one attached hydrogen (secondary N) is 1. The molecule has 0 aliphatic carbocycles. The number of benzene rings is 2. The molecule has 5 rings (SSSR count). The lowest BCUT2D eigenvalue weighted by molar-refractivity contribution is 0.249. The van der Waals surface area contributed by atoms with Gasteiger partial charge in [-0.2, -0.15) is 15.1 Å². The van der Waals surface area contributed by atoms with Gasteiger partial charge in [0.15, 0.2) is 5.65 Å². The number of rotatable bonds is 5. The molecule has 1 N–H and O–H groups in total. The highest BCUT2D eigenvalue weighted by Crippen LogP contribution is 2.28. The molecule has 1 saturated heterocycles. The minimum absolute atomic E-state index is 0.723. The molecule has 0 bridgehead atoms. The van der Waals surface area contributed by atoms with Crippen LogP contribution in [0.5, 0.6) is 0 Å². The van der Waals surface area contributed by atoms with Crippen LogP contribution in [0.4, 0.5) is 17.5 Å². The summed E-state index contributed by atoms with van der Waals surface area (Å²) < 4.78 is 1.79. The Kier molecular flexibility index (Phi) is 5.68. The van der Waals surface area contributed by atoms with Crippen molar-refractivity contribution in [2.24, 2.45) is 7.05 Å². The van der Waals surface area contributed by atoms with E-state index in [2.05, 4.69) is 50.5 Å². The van der Waals surface area contributed by atoms with Crippen molar-refractivity contribution in [3.63, 3.8) is 0 Å². The van der Waals surface area contributed by atoms with Gasteiger partial charge in [0.05, 0.1) is 11.6 Å². The minimum Gasteiger partial charge on any atom is -0.339 e. The summed E-state index contributed by atoms with van der Waals surface area (Å²) in [6.07, 6.45) is 1.80. The summed E-state index contributed by atoms with van der Waals surface area (Å²) in [7, 11) is 1.91. The summed E-state index contributed by atoms with van der Waals surface area (Å²) in [4.78, 5) is 14.4. The number of hydrogen-bond donors (Lipinski definition) is 1. The summed E-state index contributed by atoms with van der Waals surface area (Å²) in [6.45, 7) is 6.66. The second-order valence-electron chi connectivity index (χ2n) is 8.22. The summed E-state index contributed by atoms with van der Waals surface area (Å²) in [6, 6.07) is 16.5. The van der Waals surface area contributed by atoms with Gasteiger partial charge in [-0.3, -0.25) is 9.58 Å². The number of nitrogens with zero attached hydrogens (tertiary/aromatic N) is 6. The first-order chi connectivity index (χ1) is 15.6. The Balaban J connectivity index is 1.37. The second-order valence-corrected chi connectivity index (χ2v) is 8.62. The van der Waals surface area contributed by atoms with Gasteiger partial charge in [0.2, 0.25) is 5.95 Å². The Hall–Kier alpha value is -3.16. The zero-order valence-corrected chi connectivity index (χ0v) is 19.0. The zero-order chi connectivity index (χ0) is 22.1. The van der Waals surface area contributed by atoms with Crippen LogP contribution >= 0.6 is 11.6 Å². The third-order valence-electron chi connectivity index (χ3n) is 5.92. The van der Waals surface area contributed by atoms with E-state index in [0.29, 0.717) is 0 Å². The summed E-state index contributed by atoms with van der Waals surface area (Å²) in [5, 5.41) is 9.43. The molecule has 0 unspecified atom stereocenters. The topological polar surface area (TPSA) is 62.1 Å².